The van der Waals surface area contributed by atoms with Crippen LogP contribution in [0.4, 0.5) is 0 Å². The molecule has 0 fully saturated rings. The van der Waals surface area contributed by atoms with E-state index in [1.54, 1.807) is 12.1 Å². The first-order valence-corrected chi connectivity index (χ1v) is 12.1. The number of benzene rings is 1. The molecule has 0 bridgehead atoms. The molecule has 4 nitrogen and oxygen atoms in total. The predicted molar refractivity (Wildman–Crippen MR) is 113 cm³/mol. The van der Waals surface area contributed by atoms with Crippen LogP contribution in [0.1, 0.15) is 94.7 Å². The number of unbranched alkanes of at least 4 members (excludes halogenated alkanes) is 7. The SMILES string of the molecule is C=C(CCCCCCCCCC)NC1CCCc2cc(S(N)(=O)=O)ccc21. The lowest BCUT2D eigenvalue weighted by molar-refractivity contribution is 0.484. The second-order valence-corrected chi connectivity index (χ2v) is 9.38. The van der Waals surface area contributed by atoms with E-state index in [2.05, 4.69) is 18.8 Å². The van der Waals surface area contributed by atoms with Gasteiger partial charge in [-0.25, -0.2) is 13.6 Å². The van der Waals surface area contributed by atoms with Crippen LogP contribution in [0.2, 0.25) is 0 Å². The molecule has 2 rings (SSSR count). The molecule has 27 heavy (non-hydrogen) atoms. The van der Waals surface area contributed by atoms with Gasteiger partial charge in [-0.15, -0.1) is 0 Å². The summed E-state index contributed by atoms with van der Waals surface area (Å²) >= 11 is 0. The molecule has 1 aliphatic carbocycles. The van der Waals surface area contributed by atoms with Gasteiger partial charge >= 0.3 is 0 Å². The third kappa shape index (κ3) is 7.30. The van der Waals surface area contributed by atoms with Gasteiger partial charge in [0.2, 0.25) is 10.0 Å². The first-order valence-electron chi connectivity index (χ1n) is 10.5. The molecule has 1 aromatic rings. The van der Waals surface area contributed by atoms with Crippen LogP contribution in [0.15, 0.2) is 35.4 Å². The van der Waals surface area contributed by atoms with Gasteiger partial charge in [0, 0.05) is 5.70 Å². The van der Waals surface area contributed by atoms with E-state index in [1.807, 2.05) is 6.07 Å². The maximum atomic E-state index is 11.6. The highest BCUT2D eigenvalue weighted by atomic mass is 32.2. The Kier molecular flexibility index (Phi) is 8.84. The third-order valence-corrected chi connectivity index (χ3v) is 6.38. The maximum absolute atomic E-state index is 11.6. The van der Waals surface area contributed by atoms with E-state index in [0.29, 0.717) is 0 Å². The van der Waals surface area contributed by atoms with Crippen LogP contribution < -0.4 is 10.5 Å². The number of allylic oxidation sites excluding steroid dienone is 1. The van der Waals surface area contributed by atoms with E-state index in [1.165, 1.54) is 56.9 Å². The van der Waals surface area contributed by atoms with Crippen LogP contribution in [-0.2, 0) is 16.4 Å². The number of primary sulfonamides is 1. The van der Waals surface area contributed by atoms with Gasteiger partial charge < -0.3 is 5.32 Å². The molecule has 0 saturated heterocycles. The van der Waals surface area contributed by atoms with Crippen LogP contribution in [-0.4, -0.2) is 8.42 Å². The highest BCUT2D eigenvalue weighted by Crippen LogP contribution is 2.32. The van der Waals surface area contributed by atoms with Crippen LogP contribution in [0, 0.1) is 0 Å². The van der Waals surface area contributed by atoms with E-state index in [9.17, 15) is 8.42 Å². The number of nitrogens with two attached hydrogens (primary N) is 1. The number of hydrogen-bond acceptors (Lipinski definition) is 3. The Morgan fingerprint density at radius 2 is 1.81 bits per heavy atom. The molecule has 1 unspecified atom stereocenters. The van der Waals surface area contributed by atoms with Crippen LogP contribution in [0.5, 0.6) is 0 Å². The van der Waals surface area contributed by atoms with Crippen molar-refractivity contribution >= 4 is 10.0 Å². The largest absolute Gasteiger partial charge is 0.382 e. The summed E-state index contributed by atoms with van der Waals surface area (Å²) in [5.41, 5.74) is 3.37. The first-order chi connectivity index (χ1) is 12.9. The summed E-state index contributed by atoms with van der Waals surface area (Å²) in [5, 5.41) is 8.84. The standard InChI is InChI=1S/C22H36N2O2S/c1-3-4-5-6-7-8-9-10-12-18(2)24-22-14-11-13-19-17-20(27(23,25)26)15-16-21(19)22/h15-17,22,24H,2-14H2,1H3,(H2,23,25,26). The summed E-state index contributed by atoms with van der Waals surface area (Å²) in [6.07, 6.45) is 14.5. The number of nitrogens with one attached hydrogen (secondary N) is 1. The molecule has 152 valence electrons. The van der Waals surface area contributed by atoms with Gasteiger partial charge in [-0.2, -0.15) is 0 Å². The molecular weight excluding hydrogens is 356 g/mol. The zero-order chi connectivity index (χ0) is 19.7. The molecule has 3 N–H and O–H groups in total. The van der Waals surface area contributed by atoms with Gasteiger partial charge in [0.25, 0.3) is 0 Å². The molecule has 0 heterocycles. The monoisotopic (exact) mass is 392 g/mol. The van der Waals surface area contributed by atoms with Crippen molar-refractivity contribution in [2.75, 3.05) is 0 Å². The molecular formula is C22H36N2O2S. The van der Waals surface area contributed by atoms with Crippen molar-refractivity contribution in [3.05, 3.63) is 41.6 Å². The van der Waals surface area contributed by atoms with Gasteiger partial charge in [-0.1, -0.05) is 64.5 Å². The van der Waals surface area contributed by atoms with Crippen molar-refractivity contribution in [1.82, 2.24) is 5.32 Å². The maximum Gasteiger partial charge on any atom is 0.238 e. The summed E-state index contributed by atoms with van der Waals surface area (Å²) in [6.45, 7) is 6.46. The van der Waals surface area contributed by atoms with E-state index in [-0.39, 0.29) is 10.9 Å². The predicted octanol–water partition coefficient (Wildman–Crippen LogP) is 5.35. The van der Waals surface area contributed by atoms with E-state index in [4.69, 9.17) is 5.14 Å². The number of hydrogen-bond donors (Lipinski definition) is 2. The first kappa shape index (κ1) is 22.0. The normalized spacial score (nSPS) is 16.7. The lowest BCUT2D eigenvalue weighted by atomic mass is 9.87. The average Bonchev–Trinajstić information content (AvgIpc) is 2.63. The Hall–Kier alpha value is -1.33. The van der Waals surface area contributed by atoms with Crippen molar-refractivity contribution < 1.29 is 8.42 Å². The van der Waals surface area contributed by atoms with Crippen LogP contribution >= 0.6 is 0 Å². The molecule has 1 aliphatic rings. The van der Waals surface area contributed by atoms with Gasteiger partial charge in [0.15, 0.2) is 0 Å². The minimum absolute atomic E-state index is 0.208. The highest BCUT2D eigenvalue weighted by Gasteiger charge is 2.22. The molecule has 1 atom stereocenters. The summed E-state index contributed by atoms with van der Waals surface area (Å²) in [5.74, 6) is 0. The van der Waals surface area contributed by atoms with Gasteiger partial charge in [0.1, 0.15) is 0 Å². The number of fused-ring (bicyclic) bond motifs is 1. The number of rotatable bonds is 12. The molecule has 0 radical (unpaired) electrons. The number of sulfonamides is 1. The highest BCUT2D eigenvalue weighted by molar-refractivity contribution is 7.89. The summed E-state index contributed by atoms with van der Waals surface area (Å²) in [4.78, 5) is 0.208. The quantitative estimate of drug-likeness (QED) is 0.471. The zero-order valence-corrected chi connectivity index (χ0v) is 17.6. The average molecular weight is 393 g/mol. The van der Waals surface area contributed by atoms with E-state index in [0.717, 1.165) is 36.9 Å². The Bertz CT molecular complexity index is 713. The van der Waals surface area contributed by atoms with Crippen molar-refractivity contribution in [3.63, 3.8) is 0 Å². The molecule has 0 amide bonds. The van der Waals surface area contributed by atoms with E-state index < -0.39 is 10.0 Å². The summed E-state index contributed by atoms with van der Waals surface area (Å²) in [6, 6.07) is 5.50. The fourth-order valence-electron chi connectivity index (χ4n) is 3.91. The third-order valence-electron chi connectivity index (χ3n) is 5.47. The Morgan fingerprint density at radius 1 is 1.15 bits per heavy atom. The van der Waals surface area contributed by atoms with Crippen molar-refractivity contribution in [2.45, 2.75) is 94.9 Å². The van der Waals surface area contributed by atoms with Gasteiger partial charge in [-0.05, 0) is 55.4 Å². The van der Waals surface area contributed by atoms with Crippen molar-refractivity contribution in [3.8, 4) is 0 Å². The number of aryl methyl sites for hydroxylation is 1. The molecule has 5 heteroatoms. The lowest BCUT2D eigenvalue weighted by Crippen LogP contribution is -2.25. The van der Waals surface area contributed by atoms with Crippen molar-refractivity contribution in [2.24, 2.45) is 5.14 Å². The second-order valence-electron chi connectivity index (χ2n) is 7.82. The zero-order valence-electron chi connectivity index (χ0n) is 16.8. The lowest BCUT2D eigenvalue weighted by Gasteiger charge is -2.28. The van der Waals surface area contributed by atoms with Gasteiger partial charge in [-0.3, -0.25) is 0 Å². The Morgan fingerprint density at radius 3 is 2.48 bits per heavy atom. The molecule has 0 spiro atoms. The van der Waals surface area contributed by atoms with Crippen molar-refractivity contribution in [1.29, 1.82) is 0 Å². The minimum Gasteiger partial charge on any atom is -0.382 e. The smallest absolute Gasteiger partial charge is 0.238 e. The van der Waals surface area contributed by atoms with Crippen LogP contribution in [0.25, 0.3) is 0 Å². The van der Waals surface area contributed by atoms with Crippen LogP contribution in [0.3, 0.4) is 0 Å². The topological polar surface area (TPSA) is 72.2 Å². The summed E-state index contributed by atoms with van der Waals surface area (Å²) < 4.78 is 23.1. The fourth-order valence-corrected chi connectivity index (χ4v) is 4.47. The van der Waals surface area contributed by atoms with E-state index >= 15 is 0 Å². The second kappa shape index (κ2) is 10.9. The molecule has 0 saturated carbocycles. The molecule has 0 aliphatic heterocycles. The Balaban J connectivity index is 1.77. The molecule has 1 aromatic carbocycles. The summed E-state index contributed by atoms with van der Waals surface area (Å²) in [7, 11) is -3.64. The Labute approximate surface area is 165 Å². The molecule has 0 aromatic heterocycles. The van der Waals surface area contributed by atoms with Gasteiger partial charge in [0.05, 0.1) is 10.9 Å². The minimum atomic E-state index is -3.64. The fraction of sp³-hybridized carbons (Fsp3) is 0.636.